The van der Waals surface area contributed by atoms with E-state index in [1.807, 2.05) is 27.7 Å². The number of carbonyl (C=O) groups excluding carboxylic acids is 2. The minimum absolute atomic E-state index is 0.0312. The largest absolute Gasteiger partial charge is 0.463 e. The van der Waals surface area contributed by atoms with Gasteiger partial charge in [-0.15, -0.1) is 0 Å². The number of hydrogen-bond acceptors (Lipinski definition) is 4. The molecule has 24 heavy (non-hydrogen) atoms. The maximum atomic E-state index is 11.0. The van der Waals surface area contributed by atoms with Crippen LogP contribution >= 0.6 is 0 Å². The van der Waals surface area contributed by atoms with Gasteiger partial charge in [-0.3, -0.25) is 9.59 Å². The molecule has 0 aliphatic rings. The van der Waals surface area contributed by atoms with Crippen LogP contribution in [0.4, 0.5) is 0 Å². The Kier molecular flexibility index (Phi) is 19.2. The Balaban J connectivity index is 0. The van der Waals surface area contributed by atoms with Gasteiger partial charge in [0.05, 0.1) is 12.2 Å². The summed E-state index contributed by atoms with van der Waals surface area (Å²) in [6.07, 6.45) is 10.3. The van der Waals surface area contributed by atoms with E-state index < -0.39 is 0 Å². The zero-order valence-electron chi connectivity index (χ0n) is 16.9. The highest BCUT2D eigenvalue weighted by atomic mass is 16.5. The van der Waals surface area contributed by atoms with Crippen molar-refractivity contribution in [3.05, 3.63) is 0 Å². The summed E-state index contributed by atoms with van der Waals surface area (Å²) in [5.41, 5.74) is 0. The van der Waals surface area contributed by atoms with Crippen molar-refractivity contribution in [3.63, 3.8) is 0 Å². The summed E-state index contributed by atoms with van der Waals surface area (Å²) in [4.78, 5) is 22.0. The second-order valence-electron chi connectivity index (χ2n) is 6.70. The summed E-state index contributed by atoms with van der Waals surface area (Å²) < 4.78 is 9.98. The summed E-state index contributed by atoms with van der Waals surface area (Å²) in [6, 6.07) is 0. The van der Waals surface area contributed by atoms with E-state index in [4.69, 9.17) is 9.47 Å². The van der Waals surface area contributed by atoms with Crippen LogP contribution in [-0.4, -0.2) is 24.1 Å². The molecule has 0 aromatic carbocycles. The van der Waals surface area contributed by atoms with E-state index in [2.05, 4.69) is 13.8 Å². The van der Waals surface area contributed by atoms with Crippen molar-refractivity contribution in [2.75, 3.05) is 0 Å². The third-order valence-corrected chi connectivity index (χ3v) is 3.20. The lowest BCUT2D eigenvalue weighted by atomic mass is 10.1. The molecule has 0 saturated carbocycles. The third kappa shape index (κ3) is 23.2. The van der Waals surface area contributed by atoms with Gasteiger partial charge >= 0.3 is 11.9 Å². The van der Waals surface area contributed by atoms with Crippen molar-refractivity contribution in [1.82, 2.24) is 0 Å². The monoisotopic (exact) mass is 344 g/mol. The Bertz CT molecular complexity index is 268. The Morgan fingerprint density at radius 3 is 1.21 bits per heavy atom. The number of unbranched alkanes of at least 4 members (excludes halogenated alkanes) is 6. The average Bonchev–Trinajstić information content (AvgIpc) is 2.47. The summed E-state index contributed by atoms with van der Waals surface area (Å²) in [5, 5.41) is 0. The molecule has 0 aromatic rings. The SMILES string of the molecule is CCCCCCC(=O)OC(C)C.CCCCCCC(=O)OC(C)C. The fourth-order valence-corrected chi connectivity index (χ4v) is 2.04. The molecule has 0 heterocycles. The first kappa shape index (κ1) is 25.2. The van der Waals surface area contributed by atoms with Gasteiger partial charge in [0.2, 0.25) is 0 Å². The average molecular weight is 345 g/mol. The summed E-state index contributed by atoms with van der Waals surface area (Å²) >= 11 is 0. The lowest BCUT2D eigenvalue weighted by Gasteiger charge is -2.06. The maximum Gasteiger partial charge on any atom is 0.306 e. The molecule has 0 bridgehead atoms. The molecular formula is C20H40O4. The molecule has 0 rings (SSSR count). The standard InChI is InChI=1S/2C10H20O2/c2*1-4-5-6-7-8-10(11)12-9(2)3/h2*9H,4-8H2,1-3H3. The zero-order chi connectivity index (χ0) is 18.8. The van der Waals surface area contributed by atoms with Gasteiger partial charge in [-0.05, 0) is 40.5 Å². The second-order valence-corrected chi connectivity index (χ2v) is 6.70. The molecule has 4 nitrogen and oxygen atoms in total. The molecule has 0 aromatic heterocycles. The highest BCUT2D eigenvalue weighted by molar-refractivity contribution is 5.69. The van der Waals surface area contributed by atoms with Crippen LogP contribution in [0.5, 0.6) is 0 Å². The van der Waals surface area contributed by atoms with Gasteiger partial charge in [0.25, 0.3) is 0 Å². The van der Waals surface area contributed by atoms with Crippen LogP contribution in [0.1, 0.15) is 106 Å². The first-order valence-corrected chi connectivity index (χ1v) is 9.72. The van der Waals surface area contributed by atoms with Crippen LogP contribution in [0.15, 0.2) is 0 Å². The molecule has 0 aliphatic heterocycles. The van der Waals surface area contributed by atoms with Gasteiger partial charge in [0.1, 0.15) is 0 Å². The molecule has 0 aliphatic carbocycles. The van der Waals surface area contributed by atoms with Gasteiger partial charge < -0.3 is 9.47 Å². The Labute approximate surface area is 149 Å². The second kappa shape index (κ2) is 18.3. The van der Waals surface area contributed by atoms with Crippen LogP contribution in [0.25, 0.3) is 0 Å². The first-order valence-electron chi connectivity index (χ1n) is 9.72. The van der Waals surface area contributed by atoms with Crippen molar-refractivity contribution in [2.24, 2.45) is 0 Å². The van der Waals surface area contributed by atoms with Crippen LogP contribution in [-0.2, 0) is 19.1 Å². The third-order valence-electron chi connectivity index (χ3n) is 3.20. The van der Waals surface area contributed by atoms with E-state index >= 15 is 0 Å². The van der Waals surface area contributed by atoms with Crippen LogP contribution < -0.4 is 0 Å². The summed E-state index contributed by atoms with van der Waals surface area (Å²) in [6.45, 7) is 11.8. The number of ether oxygens (including phenoxy) is 2. The normalized spacial score (nSPS) is 10.3. The molecule has 0 N–H and O–H groups in total. The molecule has 0 unspecified atom stereocenters. The van der Waals surface area contributed by atoms with Crippen molar-refractivity contribution in [1.29, 1.82) is 0 Å². The van der Waals surface area contributed by atoms with Crippen LogP contribution in [0, 0.1) is 0 Å². The first-order chi connectivity index (χ1) is 11.3. The molecule has 0 fully saturated rings. The number of esters is 2. The zero-order valence-corrected chi connectivity index (χ0v) is 16.9. The van der Waals surface area contributed by atoms with Gasteiger partial charge in [-0.2, -0.15) is 0 Å². The molecule has 4 heteroatoms. The van der Waals surface area contributed by atoms with Gasteiger partial charge in [0.15, 0.2) is 0 Å². The van der Waals surface area contributed by atoms with Crippen molar-refractivity contribution in [3.8, 4) is 0 Å². The molecule has 0 amide bonds. The lowest BCUT2D eigenvalue weighted by Crippen LogP contribution is -2.10. The van der Waals surface area contributed by atoms with E-state index in [0.717, 1.165) is 25.7 Å². The minimum Gasteiger partial charge on any atom is -0.463 e. The van der Waals surface area contributed by atoms with E-state index in [0.29, 0.717) is 12.8 Å². The van der Waals surface area contributed by atoms with Crippen LogP contribution in [0.3, 0.4) is 0 Å². The predicted octanol–water partition coefficient (Wildman–Crippen LogP) is 5.82. The fraction of sp³-hybridized carbons (Fsp3) is 0.900. The molecule has 0 atom stereocenters. The molecule has 0 saturated heterocycles. The summed E-state index contributed by atoms with van der Waals surface area (Å²) in [7, 11) is 0. The Hall–Kier alpha value is -1.06. The number of carbonyl (C=O) groups is 2. The minimum atomic E-state index is -0.0545. The van der Waals surface area contributed by atoms with Crippen molar-refractivity contribution in [2.45, 2.75) is 118 Å². The molecule has 144 valence electrons. The topological polar surface area (TPSA) is 52.6 Å². The lowest BCUT2D eigenvalue weighted by molar-refractivity contribution is -0.148. The maximum absolute atomic E-state index is 11.0. The smallest absolute Gasteiger partial charge is 0.306 e. The Morgan fingerprint density at radius 1 is 0.625 bits per heavy atom. The number of rotatable bonds is 12. The Morgan fingerprint density at radius 2 is 0.958 bits per heavy atom. The molecular weight excluding hydrogens is 304 g/mol. The van der Waals surface area contributed by atoms with Gasteiger partial charge in [-0.25, -0.2) is 0 Å². The van der Waals surface area contributed by atoms with E-state index in [9.17, 15) is 9.59 Å². The molecule has 0 radical (unpaired) electrons. The van der Waals surface area contributed by atoms with Crippen LogP contribution in [0.2, 0.25) is 0 Å². The summed E-state index contributed by atoms with van der Waals surface area (Å²) in [5.74, 6) is -0.109. The molecule has 0 spiro atoms. The number of hydrogen-bond donors (Lipinski definition) is 0. The predicted molar refractivity (Wildman–Crippen MR) is 100.0 cm³/mol. The van der Waals surface area contributed by atoms with Crippen molar-refractivity contribution >= 4 is 11.9 Å². The van der Waals surface area contributed by atoms with Gasteiger partial charge in [0, 0.05) is 12.8 Å². The highest BCUT2D eigenvalue weighted by Crippen LogP contribution is 2.05. The van der Waals surface area contributed by atoms with Gasteiger partial charge in [-0.1, -0.05) is 52.4 Å². The van der Waals surface area contributed by atoms with Crippen molar-refractivity contribution < 1.29 is 19.1 Å². The fourth-order valence-electron chi connectivity index (χ4n) is 2.04. The highest BCUT2D eigenvalue weighted by Gasteiger charge is 2.04. The van der Waals surface area contributed by atoms with E-state index in [-0.39, 0.29) is 24.1 Å². The quantitative estimate of drug-likeness (QED) is 0.331. The van der Waals surface area contributed by atoms with E-state index in [1.165, 1.54) is 25.7 Å². The van der Waals surface area contributed by atoms with E-state index in [1.54, 1.807) is 0 Å².